The van der Waals surface area contributed by atoms with E-state index in [0.29, 0.717) is 5.95 Å². The smallest absolute Gasteiger partial charge is 0.274 e. The summed E-state index contributed by atoms with van der Waals surface area (Å²) in [5.41, 5.74) is 0. The summed E-state index contributed by atoms with van der Waals surface area (Å²) in [6, 6.07) is 0. The molecule has 0 fully saturated rings. The molecule has 0 atom stereocenters. The lowest BCUT2D eigenvalue weighted by molar-refractivity contribution is 0.0594. The van der Waals surface area contributed by atoms with E-state index in [1.54, 1.807) is 7.11 Å². The van der Waals surface area contributed by atoms with Gasteiger partial charge in [0.25, 0.3) is 5.95 Å². The Labute approximate surface area is 88.3 Å². The van der Waals surface area contributed by atoms with Crippen molar-refractivity contribution in [2.75, 3.05) is 13.7 Å². The van der Waals surface area contributed by atoms with Crippen LogP contribution in [0.1, 0.15) is 52.4 Å². The highest BCUT2D eigenvalue weighted by Crippen LogP contribution is 2.06. The molecule has 0 rings (SSSR count). The van der Waals surface area contributed by atoms with Crippen LogP contribution in [0.15, 0.2) is 12.0 Å². The van der Waals surface area contributed by atoms with Crippen LogP contribution in [0.2, 0.25) is 0 Å². The zero-order chi connectivity index (χ0) is 10.6. The Morgan fingerprint density at radius 2 is 1.71 bits per heavy atom. The average Bonchev–Trinajstić information content (AvgIpc) is 2.22. The predicted octanol–water partition coefficient (Wildman–Crippen LogP) is 3.87. The minimum Gasteiger partial charge on any atom is -0.469 e. The van der Waals surface area contributed by atoms with E-state index in [0.717, 1.165) is 13.0 Å². The lowest BCUT2D eigenvalue weighted by atomic mass is 10.1. The molecule has 14 heavy (non-hydrogen) atoms. The lowest BCUT2D eigenvalue weighted by Gasteiger charge is -2.07. The summed E-state index contributed by atoms with van der Waals surface area (Å²) in [4.78, 5) is 0. The molecule has 0 heterocycles. The molecule has 2 heteroatoms. The van der Waals surface area contributed by atoms with Crippen LogP contribution >= 0.6 is 0 Å². The number of allylic oxidation sites excluding steroid dienone is 1. The molecular formula is C12H24O2. The summed E-state index contributed by atoms with van der Waals surface area (Å²) in [6.07, 6.45) is 9.59. The van der Waals surface area contributed by atoms with Crippen molar-refractivity contribution in [1.82, 2.24) is 0 Å². The first kappa shape index (κ1) is 13.3. The van der Waals surface area contributed by atoms with E-state index < -0.39 is 0 Å². The van der Waals surface area contributed by atoms with Gasteiger partial charge in [0.2, 0.25) is 0 Å². The van der Waals surface area contributed by atoms with E-state index in [4.69, 9.17) is 9.47 Å². The molecule has 0 aromatic rings. The van der Waals surface area contributed by atoms with E-state index >= 15 is 0 Å². The van der Waals surface area contributed by atoms with E-state index in [2.05, 4.69) is 6.92 Å². The summed E-state index contributed by atoms with van der Waals surface area (Å²) < 4.78 is 10.4. The van der Waals surface area contributed by atoms with Gasteiger partial charge in [-0.05, 0) is 19.4 Å². The summed E-state index contributed by atoms with van der Waals surface area (Å²) in [7, 11) is 1.64. The molecule has 0 aliphatic rings. The standard InChI is InChI=1S/C12H24O2/c1-4-6-7-8-9-10-11-14-12(5-2)13-3/h5H,4,6-11H2,1-3H3. The molecule has 0 aliphatic carbocycles. The Morgan fingerprint density at radius 1 is 1.07 bits per heavy atom. The molecule has 0 N–H and O–H groups in total. The van der Waals surface area contributed by atoms with Gasteiger partial charge in [0.1, 0.15) is 0 Å². The molecule has 0 bridgehead atoms. The largest absolute Gasteiger partial charge is 0.469 e. The van der Waals surface area contributed by atoms with Crippen molar-refractivity contribution >= 4 is 0 Å². The first-order valence-corrected chi connectivity index (χ1v) is 5.68. The Hall–Kier alpha value is -0.660. The van der Waals surface area contributed by atoms with E-state index in [-0.39, 0.29) is 0 Å². The summed E-state index contributed by atoms with van der Waals surface area (Å²) in [6.45, 7) is 4.93. The van der Waals surface area contributed by atoms with E-state index in [1.807, 2.05) is 13.0 Å². The molecule has 84 valence electrons. The van der Waals surface area contributed by atoms with Crippen molar-refractivity contribution in [2.45, 2.75) is 52.4 Å². The van der Waals surface area contributed by atoms with Gasteiger partial charge < -0.3 is 9.47 Å². The Bertz CT molecular complexity index is 141. The lowest BCUT2D eigenvalue weighted by Crippen LogP contribution is -1.96. The van der Waals surface area contributed by atoms with E-state index in [1.165, 1.54) is 32.1 Å². The fourth-order valence-corrected chi connectivity index (χ4v) is 1.32. The molecule has 0 radical (unpaired) electrons. The van der Waals surface area contributed by atoms with Crippen LogP contribution in [-0.2, 0) is 9.47 Å². The Kier molecular flexibility index (Phi) is 9.93. The zero-order valence-corrected chi connectivity index (χ0v) is 9.84. The summed E-state index contributed by atoms with van der Waals surface area (Å²) in [5, 5.41) is 0. The van der Waals surface area contributed by atoms with Gasteiger partial charge in [-0.3, -0.25) is 0 Å². The summed E-state index contributed by atoms with van der Waals surface area (Å²) in [5.74, 6) is 0.638. The maximum atomic E-state index is 5.39. The normalized spacial score (nSPS) is 11.5. The van der Waals surface area contributed by atoms with Gasteiger partial charge in [-0.1, -0.05) is 39.0 Å². The van der Waals surface area contributed by atoms with Crippen molar-refractivity contribution in [2.24, 2.45) is 0 Å². The van der Waals surface area contributed by atoms with Crippen LogP contribution in [0.4, 0.5) is 0 Å². The molecule has 0 saturated heterocycles. The molecule has 2 nitrogen and oxygen atoms in total. The highest BCUT2D eigenvalue weighted by atomic mass is 16.7. The van der Waals surface area contributed by atoms with Gasteiger partial charge in [-0.15, -0.1) is 0 Å². The van der Waals surface area contributed by atoms with Crippen molar-refractivity contribution in [3.05, 3.63) is 12.0 Å². The minimum absolute atomic E-state index is 0.638. The monoisotopic (exact) mass is 200 g/mol. The van der Waals surface area contributed by atoms with Crippen molar-refractivity contribution in [1.29, 1.82) is 0 Å². The van der Waals surface area contributed by atoms with Crippen LogP contribution < -0.4 is 0 Å². The van der Waals surface area contributed by atoms with Gasteiger partial charge in [0.05, 0.1) is 13.7 Å². The predicted molar refractivity (Wildman–Crippen MR) is 60.1 cm³/mol. The van der Waals surface area contributed by atoms with Gasteiger partial charge in [-0.2, -0.15) is 0 Å². The Morgan fingerprint density at radius 3 is 2.29 bits per heavy atom. The quantitative estimate of drug-likeness (QED) is 0.415. The highest BCUT2D eigenvalue weighted by Gasteiger charge is 1.94. The highest BCUT2D eigenvalue weighted by molar-refractivity contribution is 4.78. The third kappa shape index (κ3) is 7.96. The van der Waals surface area contributed by atoms with E-state index in [9.17, 15) is 0 Å². The van der Waals surface area contributed by atoms with Crippen molar-refractivity contribution < 1.29 is 9.47 Å². The van der Waals surface area contributed by atoms with Crippen LogP contribution in [0, 0.1) is 0 Å². The third-order valence-electron chi connectivity index (χ3n) is 2.18. The molecule has 0 saturated carbocycles. The molecule has 0 aromatic carbocycles. The third-order valence-corrected chi connectivity index (χ3v) is 2.18. The molecule has 0 amide bonds. The fraction of sp³-hybridized carbons (Fsp3) is 0.833. The first-order chi connectivity index (χ1) is 6.85. The second-order valence-corrected chi connectivity index (χ2v) is 3.43. The molecule has 0 aromatic heterocycles. The SMILES string of the molecule is CC=C(OC)OCCCCCCCC. The van der Waals surface area contributed by atoms with Crippen LogP contribution in [0.5, 0.6) is 0 Å². The number of unbranched alkanes of at least 4 members (excludes halogenated alkanes) is 5. The first-order valence-electron chi connectivity index (χ1n) is 5.68. The number of ether oxygens (including phenoxy) is 2. The number of rotatable bonds is 9. The van der Waals surface area contributed by atoms with Crippen LogP contribution in [-0.4, -0.2) is 13.7 Å². The number of hydrogen-bond donors (Lipinski definition) is 0. The average molecular weight is 200 g/mol. The second kappa shape index (κ2) is 10.4. The van der Waals surface area contributed by atoms with Crippen LogP contribution in [0.25, 0.3) is 0 Å². The topological polar surface area (TPSA) is 18.5 Å². The second-order valence-electron chi connectivity index (χ2n) is 3.43. The van der Waals surface area contributed by atoms with Crippen molar-refractivity contribution in [3.63, 3.8) is 0 Å². The van der Waals surface area contributed by atoms with Gasteiger partial charge >= 0.3 is 0 Å². The van der Waals surface area contributed by atoms with Crippen molar-refractivity contribution in [3.8, 4) is 0 Å². The number of hydrogen-bond acceptors (Lipinski definition) is 2. The fourth-order valence-electron chi connectivity index (χ4n) is 1.32. The molecule has 0 spiro atoms. The molecule has 0 aliphatic heterocycles. The summed E-state index contributed by atoms with van der Waals surface area (Å²) >= 11 is 0. The zero-order valence-electron chi connectivity index (χ0n) is 9.84. The maximum Gasteiger partial charge on any atom is 0.274 e. The maximum absolute atomic E-state index is 5.39. The number of methoxy groups -OCH3 is 1. The van der Waals surface area contributed by atoms with Gasteiger partial charge in [0.15, 0.2) is 0 Å². The molecular weight excluding hydrogens is 176 g/mol. The minimum atomic E-state index is 0.638. The molecule has 0 unspecified atom stereocenters. The van der Waals surface area contributed by atoms with Gasteiger partial charge in [0, 0.05) is 0 Å². The van der Waals surface area contributed by atoms with Gasteiger partial charge in [-0.25, -0.2) is 0 Å². The van der Waals surface area contributed by atoms with Crippen LogP contribution in [0.3, 0.4) is 0 Å². The Balaban J connectivity index is 3.13.